The molecule has 1 aliphatic rings. The largest absolute Gasteiger partial charge is 0.445 e. The van der Waals surface area contributed by atoms with Gasteiger partial charge in [-0.2, -0.15) is 0 Å². The highest BCUT2D eigenvalue weighted by atomic mass is 19.1. The summed E-state index contributed by atoms with van der Waals surface area (Å²) >= 11 is 0. The van der Waals surface area contributed by atoms with Gasteiger partial charge in [-0.1, -0.05) is 30.3 Å². The van der Waals surface area contributed by atoms with Gasteiger partial charge in [0.05, 0.1) is 11.9 Å². The molecule has 1 fully saturated rings. The molecule has 0 saturated carbocycles. The molecular formula is C23H24FN5O3. The molecule has 0 N–H and O–H groups in total. The van der Waals surface area contributed by atoms with Crippen LogP contribution in [0.15, 0.2) is 59.7 Å². The molecule has 0 unspecified atom stereocenters. The number of hydrogen-bond donors (Lipinski definition) is 0. The van der Waals surface area contributed by atoms with Gasteiger partial charge in [0.15, 0.2) is 5.82 Å². The van der Waals surface area contributed by atoms with Crippen molar-refractivity contribution in [2.24, 2.45) is 7.05 Å². The molecule has 1 aliphatic heterocycles. The van der Waals surface area contributed by atoms with E-state index in [0.717, 1.165) is 11.8 Å². The Kier molecular flexibility index (Phi) is 6.16. The molecule has 1 atom stereocenters. The van der Waals surface area contributed by atoms with Crippen LogP contribution in [0.1, 0.15) is 12.5 Å². The van der Waals surface area contributed by atoms with E-state index in [2.05, 4.69) is 9.97 Å². The summed E-state index contributed by atoms with van der Waals surface area (Å²) in [7, 11) is 1.63. The zero-order chi connectivity index (χ0) is 22.7. The van der Waals surface area contributed by atoms with Crippen LogP contribution in [0.3, 0.4) is 0 Å². The molecule has 4 rings (SSSR count). The van der Waals surface area contributed by atoms with E-state index in [0.29, 0.717) is 25.6 Å². The minimum Gasteiger partial charge on any atom is -0.445 e. The number of anilines is 1. The van der Waals surface area contributed by atoms with Gasteiger partial charge in [0.2, 0.25) is 5.95 Å². The van der Waals surface area contributed by atoms with Crippen LogP contribution in [-0.2, 0) is 18.4 Å². The van der Waals surface area contributed by atoms with Crippen molar-refractivity contribution in [3.05, 3.63) is 76.6 Å². The van der Waals surface area contributed by atoms with Gasteiger partial charge in [-0.3, -0.25) is 14.3 Å². The zero-order valence-corrected chi connectivity index (χ0v) is 17.9. The van der Waals surface area contributed by atoms with Crippen molar-refractivity contribution < 1.29 is 13.9 Å². The fourth-order valence-electron chi connectivity index (χ4n) is 3.74. The number of piperazine rings is 1. The summed E-state index contributed by atoms with van der Waals surface area (Å²) in [4.78, 5) is 37.0. The molecule has 3 heterocycles. The second kappa shape index (κ2) is 9.17. The third-order valence-electron chi connectivity index (χ3n) is 5.51. The maximum atomic E-state index is 14.2. The summed E-state index contributed by atoms with van der Waals surface area (Å²) in [5.74, 6) is -0.119. The molecule has 0 bridgehead atoms. The monoisotopic (exact) mass is 437 g/mol. The second-order valence-corrected chi connectivity index (χ2v) is 7.72. The highest BCUT2D eigenvalue weighted by molar-refractivity contribution is 5.68. The Morgan fingerprint density at radius 1 is 1.22 bits per heavy atom. The molecule has 1 aromatic carbocycles. The van der Waals surface area contributed by atoms with Crippen molar-refractivity contribution in [3.8, 4) is 11.3 Å². The second-order valence-electron chi connectivity index (χ2n) is 7.72. The fraction of sp³-hybridized carbons (Fsp3) is 0.304. The van der Waals surface area contributed by atoms with Crippen molar-refractivity contribution >= 4 is 12.0 Å². The molecule has 1 saturated heterocycles. The van der Waals surface area contributed by atoms with E-state index in [1.807, 2.05) is 42.2 Å². The quantitative estimate of drug-likeness (QED) is 0.625. The van der Waals surface area contributed by atoms with Crippen molar-refractivity contribution in [2.45, 2.75) is 19.6 Å². The highest BCUT2D eigenvalue weighted by Gasteiger charge is 2.30. The van der Waals surface area contributed by atoms with Gasteiger partial charge < -0.3 is 14.5 Å². The van der Waals surface area contributed by atoms with Crippen molar-refractivity contribution in [3.63, 3.8) is 0 Å². The maximum absolute atomic E-state index is 14.2. The molecule has 9 heteroatoms. The van der Waals surface area contributed by atoms with Gasteiger partial charge in [-0.05, 0) is 18.6 Å². The number of carbonyl (C=O) groups is 1. The summed E-state index contributed by atoms with van der Waals surface area (Å²) in [6.07, 6.45) is 2.17. The van der Waals surface area contributed by atoms with Crippen LogP contribution >= 0.6 is 0 Å². The van der Waals surface area contributed by atoms with Crippen LogP contribution in [0.25, 0.3) is 11.3 Å². The molecule has 0 aliphatic carbocycles. The number of benzene rings is 1. The number of pyridine rings is 1. The molecule has 2 aromatic heterocycles. The van der Waals surface area contributed by atoms with Crippen molar-refractivity contribution in [2.75, 3.05) is 24.5 Å². The Morgan fingerprint density at radius 2 is 2.00 bits per heavy atom. The topological polar surface area (TPSA) is 80.6 Å². The van der Waals surface area contributed by atoms with Gasteiger partial charge in [-0.25, -0.2) is 14.2 Å². The lowest BCUT2D eigenvalue weighted by atomic mass is 10.1. The minimum atomic E-state index is -0.543. The van der Waals surface area contributed by atoms with Crippen LogP contribution in [0, 0.1) is 5.82 Å². The summed E-state index contributed by atoms with van der Waals surface area (Å²) in [6.45, 7) is 3.45. The first-order valence-corrected chi connectivity index (χ1v) is 10.3. The highest BCUT2D eigenvalue weighted by Crippen LogP contribution is 2.23. The first kappa shape index (κ1) is 21.5. The Morgan fingerprint density at radius 3 is 2.72 bits per heavy atom. The molecule has 166 valence electrons. The average Bonchev–Trinajstić information content (AvgIpc) is 2.80. The zero-order valence-electron chi connectivity index (χ0n) is 17.9. The summed E-state index contributed by atoms with van der Waals surface area (Å²) in [6, 6.07) is 12.2. The minimum absolute atomic E-state index is 0.122. The Hall–Kier alpha value is -3.75. The predicted octanol–water partition coefficient (Wildman–Crippen LogP) is 2.83. The van der Waals surface area contributed by atoms with Gasteiger partial charge in [0.25, 0.3) is 5.56 Å². The van der Waals surface area contributed by atoms with Crippen LogP contribution in [0.4, 0.5) is 15.1 Å². The Bertz CT molecular complexity index is 1170. The van der Waals surface area contributed by atoms with E-state index in [-0.39, 0.29) is 35.6 Å². The van der Waals surface area contributed by atoms with Crippen LogP contribution in [0.5, 0.6) is 0 Å². The maximum Gasteiger partial charge on any atom is 0.410 e. The number of ether oxygens (including phenoxy) is 1. The smallest absolute Gasteiger partial charge is 0.410 e. The average molecular weight is 437 g/mol. The number of nitrogens with zero attached hydrogens (tertiary/aromatic N) is 5. The fourth-order valence-corrected chi connectivity index (χ4v) is 3.74. The van der Waals surface area contributed by atoms with Gasteiger partial charge >= 0.3 is 6.09 Å². The number of aromatic nitrogens is 3. The van der Waals surface area contributed by atoms with E-state index < -0.39 is 5.82 Å². The number of hydrogen-bond acceptors (Lipinski definition) is 6. The third kappa shape index (κ3) is 4.46. The normalized spacial score (nSPS) is 16.2. The number of rotatable bonds is 4. The SMILES string of the molecule is C[C@@H]1CN(C(=O)OCc2ccccc2)CCN1c1nc(-c2ccncc2F)cc(=O)n1C. The van der Waals surface area contributed by atoms with Crippen molar-refractivity contribution in [1.29, 1.82) is 0 Å². The lowest BCUT2D eigenvalue weighted by molar-refractivity contribution is 0.0896. The number of halogens is 1. The summed E-state index contributed by atoms with van der Waals surface area (Å²) in [5.41, 5.74) is 1.10. The molecule has 1 amide bonds. The van der Waals surface area contributed by atoms with E-state index in [1.54, 1.807) is 11.9 Å². The van der Waals surface area contributed by atoms with E-state index in [4.69, 9.17) is 4.74 Å². The first-order valence-electron chi connectivity index (χ1n) is 10.3. The molecule has 3 aromatic rings. The molecule has 8 nitrogen and oxygen atoms in total. The first-order chi connectivity index (χ1) is 15.4. The summed E-state index contributed by atoms with van der Waals surface area (Å²) < 4.78 is 21.1. The van der Waals surface area contributed by atoms with Crippen LogP contribution in [-0.4, -0.2) is 51.2 Å². The summed E-state index contributed by atoms with van der Waals surface area (Å²) in [5, 5.41) is 0. The van der Waals surface area contributed by atoms with Gasteiger partial charge in [0.1, 0.15) is 6.61 Å². The molecular weight excluding hydrogens is 413 g/mol. The lowest BCUT2D eigenvalue weighted by Crippen LogP contribution is -2.55. The van der Waals surface area contributed by atoms with E-state index in [1.165, 1.54) is 22.9 Å². The van der Waals surface area contributed by atoms with Crippen LogP contribution in [0.2, 0.25) is 0 Å². The van der Waals surface area contributed by atoms with Gasteiger partial charge in [0, 0.05) is 50.6 Å². The van der Waals surface area contributed by atoms with Crippen LogP contribution < -0.4 is 10.5 Å². The lowest BCUT2D eigenvalue weighted by Gasteiger charge is -2.40. The third-order valence-corrected chi connectivity index (χ3v) is 5.51. The Labute approximate surface area is 184 Å². The molecule has 0 radical (unpaired) electrons. The number of amides is 1. The standard InChI is InChI=1S/C23H24FN5O3/c1-16-14-28(23(31)32-15-17-6-4-3-5-7-17)10-11-29(16)22-26-20(12-21(30)27(22)2)18-8-9-25-13-19(18)24/h3-9,12-13,16H,10-11,14-15H2,1-2H3/t16-/m1/s1. The predicted molar refractivity (Wildman–Crippen MR) is 118 cm³/mol. The Balaban J connectivity index is 1.49. The van der Waals surface area contributed by atoms with Gasteiger partial charge in [-0.15, -0.1) is 0 Å². The van der Waals surface area contributed by atoms with E-state index in [9.17, 15) is 14.0 Å². The number of carbonyl (C=O) groups excluding carboxylic acids is 1. The van der Waals surface area contributed by atoms with Crippen molar-refractivity contribution in [1.82, 2.24) is 19.4 Å². The molecule has 32 heavy (non-hydrogen) atoms. The molecule has 0 spiro atoms. The van der Waals surface area contributed by atoms with E-state index >= 15 is 0 Å².